The molecule has 0 spiro atoms. The molecule has 1 saturated heterocycles. The van der Waals surface area contributed by atoms with Crippen LogP contribution in [0.5, 0.6) is 5.75 Å². The van der Waals surface area contributed by atoms with Crippen LogP contribution in [0.2, 0.25) is 0 Å². The highest BCUT2D eigenvalue weighted by Gasteiger charge is 2.18. The van der Waals surface area contributed by atoms with Crippen LogP contribution >= 0.6 is 0 Å². The summed E-state index contributed by atoms with van der Waals surface area (Å²) in [5, 5.41) is 3.00. The van der Waals surface area contributed by atoms with Crippen LogP contribution in [-0.2, 0) is 4.79 Å². The average molecular weight is 338 g/mol. The molecule has 25 heavy (non-hydrogen) atoms. The quantitative estimate of drug-likeness (QED) is 0.886. The normalized spacial score (nSPS) is 15.0. The van der Waals surface area contributed by atoms with Gasteiger partial charge in [0.2, 0.25) is 0 Å². The second-order valence-corrected chi connectivity index (χ2v) is 6.84. The highest BCUT2D eigenvalue weighted by molar-refractivity contribution is 5.95. The van der Waals surface area contributed by atoms with Gasteiger partial charge in [0.15, 0.2) is 6.61 Å². The number of rotatable bonds is 5. The largest absolute Gasteiger partial charge is 0.484 e. The molecule has 0 bridgehead atoms. The Balaban J connectivity index is 1.60. The first kappa shape index (κ1) is 17.3. The zero-order valence-corrected chi connectivity index (χ0v) is 15.0. The molecule has 4 nitrogen and oxygen atoms in total. The Morgan fingerprint density at radius 2 is 1.80 bits per heavy atom. The van der Waals surface area contributed by atoms with Crippen LogP contribution in [-0.4, -0.2) is 25.6 Å². The second-order valence-electron chi connectivity index (χ2n) is 6.84. The molecule has 132 valence electrons. The van der Waals surface area contributed by atoms with Gasteiger partial charge in [-0.05, 0) is 49.9 Å². The third kappa shape index (κ3) is 4.75. The number of hydrogen-bond acceptors (Lipinski definition) is 3. The molecule has 0 aliphatic carbocycles. The predicted octanol–water partition coefficient (Wildman–Crippen LogP) is 4.25. The van der Waals surface area contributed by atoms with E-state index in [4.69, 9.17) is 4.74 Å². The second kappa shape index (κ2) is 8.06. The first-order valence-electron chi connectivity index (χ1n) is 8.95. The fourth-order valence-corrected chi connectivity index (χ4v) is 3.07. The lowest BCUT2D eigenvalue weighted by molar-refractivity contribution is -0.118. The van der Waals surface area contributed by atoms with Gasteiger partial charge >= 0.3 is 0 Å². The van der Waals surface area contributed by atoms with E-state index in [2.05, 4.69) is 23.2 Å². The van der Waals surface area contributed by atoms with Gasteiger partial charge in [-0.25, -0.2) is 0 Å². The minimum atomic E-state index is -0.140. The van der Waals surface area contributed by atoms with E-state index in [1.165, 1.54) is 18.4 Å². The standard InChI is InChI=1S/C21H26N2O2/c1-16-7-9-18(10-8-16)25-15-21(24)22-19-5-3-4-6-20(19)23-13-11-17(2)12-14-23/h3-10,17H,11-15H2,1-2H3,(H,22,24). The molecule has 3 rings (SSSR count). The molecule has 1 N–H and O–H groups in total. The molecular weight excluding hydrogens is 312 g/mol. The highest BCUT2D eigenvalue weighted by Crippen LogP contribution is 2.29. The lowest BCUT2D eigenvalue weighted by atomic mass is 9.98. The number of carbonyl (C=O) groups excluding carboxylic acids is 1. The van der Waals surface area contributed by atoms with E-state index in [1.54, 1.807) is 0 Å². The maximum absolute atomic E-state index is 12.3. The fourth-order valence-electron chi connectivity index (χ4n) is 3.07. The van der Waals surface area contributed by atoms with Gasteiger partial charge in [0, 0.05) is 13.1 Å². The summed E-state index contributed by atoms with van der Waals surface area (Å²) in [5.41, 5.74) is 3.12. The van der Waals surface area contributed by atoms with Crippen LogP contribution in [0.4, 0.5) is 11.4 Å². The number of para-hydroxylation sites is 2. The van der Waals surface area contributed by atoms with Gasteiger partial charge < -0.3 is 15.0 Å². The molecule has 1 aliphatic rings. The van der Waals surface area contributed by atoms with Gasteiger partial charge in [-0.15, -0.1) is 0 Å². The molecule has 0 atom stereocenters. The first-order chi connectivity index (χ1) is 12.1. The number of aryl methyl sites for hydroxylation is 1. The van der Waals surface area contributed by atoms with E-state index in [0.717, 1.165) is 30.4 Å². The third-order valence-electron chi connectivity index (χ3n) is 4.69. The summed E-state index contributed by atoms with van der Waals surface area (Å²) in [6.45, 7) is 6.40. The Labute approximate surface area is 149 Å². The molecule has 0 unspecified atom stereocenters. The molecule has 0 saturated carbocycles. The molecule has 0 radical (unpaired) electrons. The summed E-state index contributed by atoms with van der Waals surface area (Å²) in [5.74, 6) is 1.35. The van der Waals surface area contributed by atoms with E-state index >= 15 is 0 Å². The summed E-state index contributed by atoms with van der Waals surface area (Å²) in [7, 11) is 0. The number of piperidine rings is 1. The van der Waals surface area contributed by atoms with Gasteiger partial charge in [0.1, 0.15) is 5.75 Å². The van der Waals surface area contributed by atoms with Gasteiger partial charge in [0.25, 0.3) is 5.91 Å². The number of benzene rings is 2. The zero-order valence-electron chi connectivity index (χ0n) is 15.0. The third-order valence-corrected chi connectivity index (χ3v) is 4.69. The minimum absolute atomic E-state index is 0.00836. The summed E-state index contributed by atoms with van der Waals surface area (Å²) in [6.07, 6.45) is 2.39. The molecule has 1 aliphatic heterocycles. The topological polar surface area (TPSA) is 41.6 Å². The Bertz CT molecular complexity index is 704. The first-order valence-corrected chi connectivity index (χ1v) is 8.95. The molecule has 2 aromatic carbocycles. The summed E-state index contributed by atoms with van der Waals surface area (Å²) in [4.78, 5) is 14.6. The molecule has 0 aromatic heterocycles. The minimum Gasteiger partial charge on any atom is -0.484 e. The molecule has 2 aromatic rings. The Hall–Kier alpha value is -2.49. The molecule has 4 heteroatoms. The zero-order chi connectivity index (χ0) is 17.6. The van der Waals surface area contributed by atoms with Crippen molar-refractivity contribution in [1.82, 2.24) is 0 Å². The number of carbonyl (C=O) groups is 1. The van der Waals surface area contributed by atoms with Crippen LogP contribution in [0.15, 0.2) is 48.5 Å². The Morgan fingerprint density at radius 3 is 2.52 bits per heavy atom. The van der Waals surface area contributed by atoms with Crippen molar-refractivity contribution in [2.24, 2.45) is 5.92 Å². The summed E-state index contributed by atoms with van der Waals surface area (Å²) >= 11 is 0. The summed E-state index contributed by atoms with van der Waals surface area (Å²) < 4.78 is 5.57. The number of nitrogens with zero attached hydrogens (tertiary/aromatic N) is 1. The molecule has 1 fully saturated rings. The van der Waals surface area contributed by atoms with Crippen molar-refractivity contribution < 1.29 is 9.53 Å². The summed E-state index contributed by atoms with van der Waals surface area (Å²) in [6, 6.07) is 15.7. The maximum Gasteiger partial charge on any atom is 0.262 e. The van der Waals surface area contributed by atoms with Gasteiger partial charge in [-0.1, -0.05) is 36.8 Å². The molecule has 1 amide bonds. The van der Waals surface area contributed by atoms with E-state index in [0.29, 0.717) is 5.75 Å². The number of nitrogens with one attached hydrogen (secondary N) is 1. The number of hydrogen-bond donors (Lipinski definition) is 1. The van der Waals surface area contributed by atoms with Crippen LogP contribution in [0, 0.1) is 12.8 Å². The maximum atomic E-state index is 12.3. The van der Waals surface area contributed by atoms with Crippen molar-refractivity contribution in [3.05, 3.63) is 54.1 Å². The van der Waals surface area contributed by atoms with Crippen LogP contribution in [0.3, 0.4) is 0 Å². The number of amides is 1. The number of anilines is 2. The van der Waals surface area contributed by atoms with E-state index < -0.39 is 0 Å². The lowest BCUT2D eigenvalue weighted by Gasteiger charge is -2.33. The fraction of sp³-hybridized carbons (Fsp3) is 0.381. The van der Waals surface area contributed by atoms with E-state index in [-0.39, 0.29) is 12.5 Å². The lowest BCUT2D eigenvalue weighted by Crippen LogP contribution is -2.33. The van der Waals surface area contributed by atoms with Crippen molar-refractivity contribution in [2.45, 2.75) is 26.7 Å². The monoisotopic (exact) mass is 338 g/mol. The van der Waals surface area contributed by atoms with Crippen LogP contribution < -0.4 is 15.0 Å². The van der Waals surface area contributed by atoms with Gasteiger partial charge in [-0.3, -0.25) is 4.79 Å². The smallest absolute Gasteiger partial charge is 0.262 e. The Kier molecular flexibility index (Phi) is 5.59. The van der Waals surface area contributed by atoms with Gasteiger partial charge in [-0.2, -0.15) is 0 Å². The van der Waals surface area contributed by atoms with Crippen molar-refractivity contribution in [3.63, 3.8) is 0 Å². The average Bonchev–Trinajstić information content (AvgIpc) is 2.63. The Morgan fingerprint density at radius 1 is 1.12 bits per heavy atom. The van der Waals surface area contributed by atoms with E-state index in [1.807, 2.05) is 49.4 Å². The SMILES string of the molecule is Cc1ccc(OCC(=O)Nc2ccccc2N2CCC(C)CC2)cc1. The van der Waals surface area contributed by atoms with Crippen molar-refractivity contribution in [1.29, 1.82) is 0 Å². The number of ether oxygens (including phenoxy) is 1. The van der Waals surface area contributed by atoms with Crippen LogP contribution in [0.1, 0.15) is 25.3 Å². The van der Waals surface area contributed by atoms with Gasteiger partial charge in [0.05, 0.1) is 11.4 Å². The highest BCUT2D eigenvalue weighted by atomic mass is 16.5. The molecular formula is C21H26N2O2. The van der Waals surface area contributed by atoms with Crippen molar-refractivity contribution in [3.8, 4) is 5.75 Å². The van der Waals surface area contributed by atoms with Crippen molar-refractivity contribution >= 4 is 17.3 Å². The predicted molar refractivity (Wildman–Crippen MR) is 102 cm³/mol. The van der Waals surface area contributed by atoms with Crippen LogP contribution in [0.25, 0.3) is 0 Å². The van der Waals surface area contributed by atoms with E-state index in [9.17, 15) is 4.79 Å². The van der Waals surface area contributed by atoms with Crippen molar-refractivity contribution in [2.75, 3.05) is 29.9 Å². The molecule has 1 heterocycles.